The molecule has 1 aromatic carbocycles. The van der Waals surface area contributed by atoms with Gasteiger partial charge >= 0.3 is 0 Å². The maximum absolute atomic E-state index is 11.1. The van der Waals surface area contributed by atoms with Gasteiger partial charge < -0.3 is 0 Å². The molecule has 0 aliphatic rings. The second-order valence-corrected chi connectivity index (χ2v) is 6.74. The second-order valence-electron chi connectivity index (χ2n) is 2.87. The molecule has 0 aliphatic heterocycles. The van der Waals surface area contributed by atoms with Crippen LogP contribution in [-0.4, -0.2) is 8.42 Å². The fourth-order valence-electron chi connectivity index (χ4n) is 1.21. The van der Waals surface area contributed by atoms with Crippen molar-refractivity contribution in [3.63, 3.8) is 0 Å². The van der Waals surface area contributed by atoms with Crippen molar-refractivity contribution in [2.75, 3.05) is 0 Å². The van der Waals surface area contributed by atoms with Crippen LogP contribution in [0.3, 0.4) is 0 Å². The summed E-state index contributed by atoms with van der Waals surface area (Å²) in [5.41, 5.74) is 0.499. The van der Waals surface area contributed by atoms with Crippen LogP contribution in [0.25, 0.3) is 10.1 Å². The molecule has 1 aromatic heterocycles. The molecule has 0 saturated carbocycles. The minimum atomic E-state index is -3.68. The first-order chi connectivity index (χ1) is 7.00. The Kier molecular flexibility index (Phi) is 2.43. The van der Waals surface area contributed by atoms with Gasteiger partial charge in [-0.05, 0) is 29.7 Å². The van der Waals surface area contributed by atoms with E-state index in [0.29, 0.717) is 5.56 Å². The van der Waals surface area contributed by atoms with Crippen molar-refractivity contribution in [2.45, 2.75) is 4.21 Å². The Morgan fingerprint density at radius 1 is 1.33 bits per heavy atom. The highest BCUT2D eigenvalue weighted by Crippen LogP contribution is 2.31. The van der Waals surface area contributed by atoms with Crippen molar-refractivity contribution in [1.29, 1.82) is 5.26 Å². The summed E-state index contributed by atoms with van der Waals surface area (Å²) in [6.07, 6.45) is 0. The van der Waals surface area contributed by atoms with E-state index in [4.69, 9.17) is 15.9 Å². The number of thiophene rings is 1. The topological polar surface area (TPSA) is 57.9 Å². The molecular formula is C9H4ClNO2S2. The Hall–Kier alpha value is -1.09. The van der Waals surface area contributed by atoms with Crippen LogP contribution in [-0.2, 0) is 9.05 Å². The molecule has 76 valence electrons. The van der Waals surface area contributed by atoms with Crippen LogP contribution in [0, 0.1) is 11.3 Å². The summed E-state index contributed by atoms with van der Waals surface area (Å²) in [5.74, 6) is 0. The van der Waals surface area contributed by atoms with E-state index in [9.17, 15) is 8.42 Å². The zero-order chi connectivity index (χ0) is 11.1. The van der Waals surface area contributed by atoms with Gasteiger partial charge in [-0.3, -0.25) is 0 Å². The molecule has 0 aliphatic carbocycles. The molecule has 0 saturated heterocycles. The molecule has 0 spiro atoms. The lowest BCUT2D eigenvalue weighted by molar-refractivity contribution is 0.611. The van der Waals surface area contributed by atoms with Gasteiger partial charge in [-0.2, -0.15) is 5.26 Å². The molecule has 15 heavy (non-hydrogen) atoms. The van der Waals surface area contributed by atoms with Crippen molar-refractivity contribution < 1.29 is 8.42 Å². The van der Waals surface area contributed by atoms with E-state index in [-0.39, 0.29) is 4.21 Å². The number of nitriles is 1. The molecule has 2 rings (SSSR count). The Bertz CT molecular complexity index is 667. The summed E-state index contributed by atoms with van der Waals surface area (Å²) in [4.78, 5) is 0. The van der Waals surface area contributed by atoms with Crippen LogP contribution in [0.15, 0.2) is 28.5 Å². The third-order valence-corrected chi connectivity index (χ3v) is 5.05. The van der Waals surface area contributed by atoms with Crippen molar-refractivity contribution in [3.8, 4) is 6.07 Å². The van der Waals surface area contributed by atoms with Crippen LogP contribution in [0.1, 0.15) is 5.56 Å². The first-order valence-electron chi connectivity index (χ1n) is 3.89. The maximum atomic E-state index is 11.1. The Morgan fingerprint density at radius 3 is 2.67 bits per heavy atom. The summed E-state index contributed by atoms with van der Waals surface area (Å²) in [6, 6.07) is 8.46. The first kappa shape index (κ1) is 10.4. The molecule has 0 unspecified atom stereocenters. The fraction of sp³-hybridized carbons (Fsp3) is 0. The molecule has 0 N–H and O–H groups in total. The number of nitrogens with zero attached hydrogens (tertiary/aromatic N) is 1. The SMILES string of the molecule is N#Cc1ccc2sc(S(=O)(=O)Cl)cc2c1. The zero-order valence-electron chi connectivity index (χ0n) is 7.27. The number of hydrogen-bond donors (Lipinski definition) is 0. The van der Waals surface area contributed by atoms with Gasteiger partial charge in [0.2, 0.25) is 0 Å². The Balaban J connectivity index is 2.73. The highest BCUT2D eigenvalue weighted by atomic mass is 35.7. The van der Waals surface area contributed by atoms with Crippen molar-refractivity contribution in [3.05, 3.63) is 29.8 Å². The quantitative estimate of drug-likeness (QED) is 0.738. The predicted octanol–water partition coefficient (Wildman–Crippen LogP) is 2.70. The van der Waals surface area contributed by atoms with Crippen molar-refractivity contribution >= 4 is 41.2 Å². The van der Waals surface area contributed by atoms with E-state index >= 15 is 0 Å². The normalized spacial score (nSPS) is 11.5. The van der Waals surface area contributed by atoms with Crippen LogP contribution < -0.4 is 0 Å². The van der Waals surface area contributed by atoms with Gasteiger partial charge in [-0.25, -0.2) is 8.42 Å². The summed E-state index contributed by atoms with van der Waals surface area (Å²) in [5, 5.41) is 9.39. The van der Waals surface area contributed by atoms with E-state index in [0.717, 1.165) is 21.4 Å². The van der Waals surface area contributed by atoms with Crippen LogP contribution in [0.2, 0.25) is 0 Å². The van der Waals surface area contributed by atoms with E-state index < -0.39 is 9.05 Å². The van der Waals surface area contributed by atoms with Crippen molar-refractivity contribution in [2.24, 2.45) is 0 Å². The summed E-state index contributed by atoms with van der Waals surface area (Å²) >= 11 is 1.09. The van der Waals surface area contributed by atoms with Crippen LogP contribution >= 0.6 is 22.0 Å². The largest absolute Gasteiger partial charge is 0.270 e. The van der Waals surface area contributed by atoms with E-state index in [1.165, 1.54) is 6.07 Å². The summed E-state index contributed by atoms with van der Waals surface area (Å²) in [6.45, 7) is 0. The maximum Gasteiger partial charge on any atom is 0.270 e. The Labute approximate surface area is 94.9 Å². The fourth-order valence-corrected chi connectivity index (χ4v) is 3.34. The van der Waals surface area contributed by atoms with Crippen LogP contribution in [0.4, 0.5) is 0 Å². The van der Waals surface area contributed by atoms with Crippen LogP contribution in [0.5, 0.6) is 0 Å². The minimum absolute atomic E-state index is 0.106. The van der Waals surface area contributed by atoms with E-state index in [2.05, 4.69) is 0 Å². The van der Waals surface area contributed by atoms with E-state index in [1.54, 1.807) is 18.2 Å². The molecule has 0 atom stereocenters. The van der Waals surface area contributed by atoms with Gasteiger partial charge in [0.15, 0.2) is 0 Å². The van der Waals surface area contributed by atoms with E-state index in [1.807, 2.05) is 6.07 Å². The highest BCUT2D eigenvalue weighted by molar-refractivity contribution is 8.15. The Morgan fingerprint density at radius 2 is 2.07 bits per heavy atom. The first-order valence-corrected chi connectivity index (χ1v) is 7.01. The number of fused-ring (bicyclic) bond motifs is 1. The third-order valence-electron chi connectivity index (χ3n) is 1.86. The van der Waals surface area contributed by atoms with Crippen molar-refractivity contribution in [1.82, 2.24) is 0 Å². The number of rotatable bonds is 1. The van der Waals surface area contributed by atoms with Gasteiger partial charge in [0, 0.05) is 15.4 Å². The van der Waals surface area contributed by atoms with Gasteiger partial charge in [0.05, 0.1) is 11.6 Å². The molecular weight excluding hydrogens is 254 g/mol. The third kappa shape index (κ3) is 1.97. The number of benzene rings is 1. The highest BCUT2D eigenvalue weighted by Gasteiger charge is 2.14. The molecule has 0 amide bonds. The number of halogens is 1. The molecule has 6 heteroatoms. The predicted molar refractivity (Wildman–Crippen MR) is 59.6 cm³/mol. The number of hydrogen-bond acceptors (Lipinski definition) is 4. The summed E-state index contributed by atoms with van der Waals surface area (Å²) in [7, 11) is 1.54. The average Bonchev–Trinajstić information content (AvgIpc) is 2.59. The molecule has 0 fully saturated rings. The molecule has 2 aromatic rings. The molecule has 1 heterocycles. The monoisotopic (exact) mass is 257 g/mol. The lowest BCUT2D eigenvalue weighted by atomic mass is 10.2. The smallest absolute Gasteiger partial charge is 0.206 e. The lowest BCUT2D eigenvalue weighted by Crippen LogP contribution is -1.83. The van der Waals surface area contributed by atoms with Gasteiger partial charge in [0.1, 0.15) is 4.21 Å². The minimum Gasteiger partial charge on any atom is -0.206 e. The molecule has 0 bridgehead atoms. The van der Waals surface area contributed by atoms with Gasteiger partial charge in [0.25, 0.3) is 9.05 Å². The molecule has 3 nitrogen and oxygen atoms in total. The van der Waals surface area contributed by atoms with Gasteiger partial charge in [-0.1, -0.05) is 0 Å². The standard InChI is InChI=1S/C9H4ClNO2S2/c10-15(12,13)9-4-7-3-6(5-11)1-2-8(7)14-9/h1-4H. The second kappa shape index (κ2) is 3.49. The van der Waals surface area contributed by atoms with Gasteiger partial charge in [-0.15, -0.1) is 11.3 Å². The molecule has 0 radical (unpaired) electrons. The average molecular weight is 258 g/mol. The zero-order valence-corrected chi connectivity index (χ0v) is 9.66. The lowest BCUT2D eigenvalue weighted by Gasteiger charge is -1.87. The summed E-state index contributed by atoms with van der Waals surface area (Å²) < 4.78 is 23.0.